The molecule has 5 nitrogen and oxygen atoms in total. The van der Waals surface area contributed by atoms with Gasteiger partial charge in [0.15, 0.2) is 0 Å². The maximum Gasteiger partial charge on any atom is 0.306 e. The molecule has 0 fully saturated rings. The Kier molecular flexibility index (Phi) is 6.70. The minimum absolute atomic E-state index is 0.0822. The van der Waals surface area contributed by atoms with Gasteiger partial charge in [-0.05, 0) is 24.6 Å². The highest BCUT2D eigenvalue weighted by Gasteiger charge is 2.20. The van der Waals surface area contributed by atoms with Gasteiger partial charge >= 0.3 is 5.97 Å². The van der Waals surface area contributed by atoms with Gasteiger partial charge in [0, 0.05) is 23.9 Å². The molecule has 1 rings (SSSR count). The van der Waals surface area contributed by atoms with E-state index in [0.29, 0.717) is 18.5 Å². The molecule has 0 unspecified atom stereocenters. The molecule has 0 aliphatic heterocycles. The Bertz CT molecular complexity index is 615. The van der Waals surface area contributed by atoms with Crippen molar-refractivity contribution in [3.05, 3.63) is 35.1 Å². The minimum atomic E-state index is -0.519. The lowest BCUT2D eigenvalue weighted by atomic mass is 9.96. The van der Waals surface area contributed by atoms with Crippen LogP contribution in [0, 0.1) is 22.6 Å². The van der Waals surface area contributed by atoms with E-state index in [1.807, 2.05) is 6.07 Å². The van der Waals surface area contributed by atoms with Gasteiger partial charge in [0.2, 0.25) is 5.91 Å². The van der Waals surface area contributed by atoms with E-state index in [1.165, 1.54) is 18.2 Å². The molecule has 124 valence electrons. The lowest BCUT2D eigenvalue weighted by Gasteiger charge is -2.17. The Morgan fingerprint density at radius 2 is 2.04 bits per heavy atom. The number of ether oxygens (including phenoxy) is 1. The van der Waals surface area contributed by atoms with Crippen LogP contribution in [0.5, 0.6) is 0 Å². The molecule has 1 amide bonds. The Labute approximate surface area is 135 Å². The van der Waals surface area contributed by atoms with Crippen LogP contribution in [0.1, 0.15) is 44.7 Å². The van der Waals surface area contributed by atoms with E-state index in [0.717, 1.165) is 0 Å². The molecule has 0 aliphatic rings. The zero-order valence-corrected chi connectivity index (χ0v) is 13.6. The Hall–Kier alpha value is -2.42. The molecular formula is C17H21FN2O3. The van der Waals surface area contributed by atoms with Crippen molar-refractivity contribution in [3.8, 4) is 6.07 Å². The smallest absolute Gasteiger partial charge is 0.306 e. The van der Waals surface area contributed by atoms with Gasteiger partial charge in [-0.3, -0.25) is 9.59 Å². The summed E-state index contributed by atoms with van der Waals surface area (Å²) < 4.78 is 18.5. The molecule has 6 heteroatoms. The van der Waals surface area contributed by atoms with Crippen LogP contribution >= 0.6 is 0 Å². The Balaban J connectivity index is 2.33. The number of nitrogens with one attached hydrogen (secondary N) is 1. The first-order chi connectivity index (χ1) is 10.7. The third kappa shape index (κ3) is 6.47. The van der Waals surface area contributed by atoms with Crippen LogP contribution in [-0.2, 0) is 20.9 Å². The molecule has 0 radical (unpaired) electrons. The molecule has 0 spiro atoms. The maximum absolute atomic E-state index is 13.5. The number of amides is 1. The SMILES string of the molecule is CC(C)(C)C(=O)NCCCC(=O)OCc1cc(C#N)ccc1F. The number of carbonyl (C=O) groups is 2. The van der Waals surface area contributed by atoms with Crippen molar-refractivity contribution in [3.63, 3.8) is 0 Å². The van der Waals surface area contributed by atoms with Crippen LogP contribution in [0.15, 0.2) is 18.2 Å². The molecule has 1 N–H and O–H groups in total. The number of carbonyl (C=O) groups excluding carboxylic acids is 2. The van der Waals surface area contributed by atoms with Crippen LogP contribution in [0.2, 0.25) is 0 Å². The normalized spacial score (nSPS) is 10.7. The van der Waals surface area contributed by atoms with Crippen molar-refractivity contribution in [1.29, 1.82) is 5.26 Å². The molecule has 0 saturated heterocycles. The van der Waals surface area contributed by atoms with Gasteiger partial charge in [0.25, 0.3) is 0 Å². The molecule has 0 aliphatic carbocycles. The fraction of sp³-hybridized carbons (Fsp3) is 0.471. The van der Waals surface area contributed by atoms with Crippen molar-refractivity contribution < 1.29 is 18.7 Å². The van der Waals surface area contributed by atoms with Crippen molar-refractivity contribution >= 4 is 11.9 Å². The van der Waals surface area contributed by atoms with Gasteiger partial charge in [-0.25, -0.2) is 4.39 Å². The average Bonchev–Trinajstić information content (AvgIpc) is 2.49. The number of esters is 1. The second-order valence-corrected chi connectivity index (χ2v) is 6.19. The molecular weight excluding hydrogens is 299 g/mol. The first-order valence-corrected chi connectivity index (χ1v) is 7.36. The second-order valence-electron chi connectivity index (χ2n) is 6.19. The van der Waals surface area contributed by atoms with Gasteiger partial charge in [0.05, 0.1) is 11.6 Å². The standard InChI is InChI=1S/C17H21FN2O3/c1-17(2,3)16(22)20-8-4-5-15(21)23-11-13-9-12(10-19)6-7-14(13)18/h6-7,9H,4-5,8,11H2,1-3H3,(H,20,22). The van der Waals surface area contributed by atoms with Gasteiger partial charge in [-0.1, -0.05) is 20.8 Å². The fourth-order valence-corrected chi connectivity index (χ4v) is 1.69. The molecule has 0 aromatic heterocycles. The van der Waals surface area contributed by atoms with Crippen molar-refractivity contribution in [2.45, 2.75) is 40.2 Å². The summed E-state index contributed by atoms with van der Waals surface area (Å²) in [7, 11) is 0. The summed E-state index contributed by atoms with van der Waals surface area (Å²) in [6.45, 7) is 5.58. The third-order valence-electron chi connectivity index (χ3n) is 3.09. The lowest BCUT2D eigenvalue weighted by Crippen LogP contribution is -2.35. The van der Waals surface area contributed by atoms with Crippen LogP contribution in [-0.4, -0.2) is 18.4 Å². The Morgan fingerprint density at radius 1 is 1.35 bits per heavy atom. The first kappa shape index (κ1) is 18.6. The van der Waals surface area contributed by atoms with Gasteiger partial charge in [0.1, 0.15) is 12.4 Å². The summed E-state index contributed by atoms with van der Waals surface area (Å²) >= 11 is 0. The summed E-state index contributed by atoms with van der Waals surface area (Å²) in [4.78, 5) is 23.2. The van der Waals surface area contributed by atoms with E-state index < -0.39 is 17.2 Å². The highest BCUT2D eigenvalue weighted by Crippen LogP contribution is 2.13. The summed E-state index contributed by atoms with van der Waals surface area (Å²) in [6.07, 6.45) is 0.575. The Morgan fingerprint density at radius 3 is 2.65 bits per heavy atom. The zero-order chi connectivity index (χ0) is 17.5. The predicted octanol–water partition coefficient (Wildman–Crippen LogP) is 2.68. The number of hydrogen-bond donors (Lipinski definition) is 1. The number of hydrogen-bond acceptors (Lipinski definition) is 4. The van der Waals surface area contributed by atoms with Gasteiger partial charge < -0.3 is 10.1 Å². The van der Waals surface area contributed by atoms with Crippen molar-refractivity contribution in [2.75, 3.05) is 6.54 Å². The van der Waals surface area contributed by atoms with Crippen LogP contribution in [0.4, 0.5) is 4.39 Å². The van der Waals surface area contributed by atoms with E-state index in [4.69, 9.17) is 10.00 Å². The molecule has 1 aromatic rings. The molecule has 0 heterocycles. The monoisotopic (exact) mass is 320 g/mol. The van der Waals surface area contributed by atoms with E-state index in [1.54, 1.807) is 20.8 Å². The summed E-state index contributed by atoms with van der Waals surface area (Å²) in [5.41, 5.74) is 0.00448. The topological polar surface area (TPSA) is 79.2 Å². The van der Waals surface area contributed by atoms with Crippen molar-refractivity contribution in [1.82, 2.24) is 5.32 Å². The van der Waals surface area contributed by atoms with Gasteiger partial charge in [-0.15, -0.1) is 0 Å². The van der Waals surface area contributed by atoms with Crippen LogP contribution in [0.3, 0.4) is 0 Å². The highest BCUT2D eigenvalue weighted by atomic mass is 19.1. The number of benzene rings is 1. The van der Waals surface area contributed by atoms with Crippen LogP contribution in [0.25, 0.3) is 0 Å². The fourth-order valence-electron chi connectivity index (χ4n) is 1.69. The van der Waals surface area contributed by atoms with E-state index in [2.05, 4.69) is 5.32 Å². The zero-order valence-electron chi connectivity index (χ0n) is 13.6. The molecule has 0 saturated carbocycles. The minimum Gasteiger partial charge on any atom is -0.461 e. The summed E-state index contributed by atoms with van der Waals surface area (Å²) in [5.74, 6) is -1.08. The predicted molar refractivity (Wildman–Crippen MR) is 82.6 cm³/mol. The van der Waals surface area contributed by atoms with E-state index in [9.17, 15) is 14.0 Å². The first-order valence-electron chi connectivity index (χ1n) is 7.36. The summed E-state index contributed by atoms with van der Waals surface area (Å²) in [6, 6.07) is 5.78. The quantitative estimate of drug-likeness (QED) is 0.645. The van der Waals surface area contributed by atoms with Gasteiger partial charge in [-0.2, -0.15) is 5.26 Å². The van der Waals surface area contributed by atoms with Crippen molar-refractivity contribution in [2.24, 2.45) is 5.41 Å². The van der Waals surface area contributed by atoms with E-state index in [-0.39, 0.29) is 24.5 Å². The molecule has 1 aromatic carbocycles. The molecule has 0 bridgehead atoms. The maximum atomic E-state index is 13.5. The second kappa shape index (κ2) is 8.28. The lowest BCUT2D eigenvalue weighted by molar-refractivity contribution is -0.145. The average molecular weight is 320 g/mol. The highest BCUT2D eigenvalue weighted by molar-refractivity contribution is 5.81. The molecule has 23 heavy (non-hydrogen) atoms. The number of halogens is 1. The summed E-state index contributed by atoms with van der Waals surface area (Å²) in [5, 5.41) is 11.5. The molecule has 0 atom stereocenters. The number of rotatable bonds is 6. The number of nitrogens with zero attached hydrogens (tertiary/aromatic N) is 1. The van der Waals surface area contributed by atoms with E-state index >= 15 is 0 Å². The third-order valence-corrected chi connectivity index (χ3v) is 3.09. The van der Waals surface area contributed by atoms with Crippen LogP contribution < -0.4 is 5.32 Å². The number of nitriles is 1. The largest absolute Gasteiger partial charge is 0.461 e.